The third-order valence-electron chi connectivity index (χ3n) is 2.17. The SMILES string of the molecule is CCOCCN(C=O)c1ccc(C)cc1. The minimum atomic E-state index is 0.573. The third kappa shape index (κ3) is 3.72. The molecular formula is C12H17NO2. The Kier molecular flexibility index (Phi) is 4.84. The average Bonchev–Trinajstić information content (AvgIpc) is 2.26. The van der Waals surface area contributed by atoms with E-state index in [4.69, 9.17) is 4.74 Å². The lowest BCUT2D eigenvalue weighted by Crippen LogP contribution is -2.25. The summed E-state index contributed by atoms with van der Waals surface area (Å²) in [7, 11) is 0. The first-order valence-electron chi connectivity index (χ1n) is 5.14. The number of rotatable bonds is 6. The highest BCUT2D eigenvalue weighted by molar-refractivity contribution is 5.74. The quantitative estimate of drug-likeness (QED) is 0.527. The Labute approximate surface area is 90.7 Å². The van der Waals surface area contributed by atoms with Gasteiger partial charge in [-0.15, -0.1) is 0 Å². The van der Waals surface area contributed by atoms with E-state index in [-0.39, 0.29) is 0 Å². The molecule has 1 aromatic rings. The summed E-state index contributed by atoms with van der Waals surface area (Å²) in [6.45, 7) is 5.82. The van der Waals surface area contributed by atoms with Crippen LogP contribution in [-0.4, -0.2) is 26.2 Å². The Morgan fingerprint density at radius 3 is 2.53 bits per heavy atom. The zero-order chi connectivity index (χ0) is 11.1. The molecule has 0 aliphatic heterocycles. The number of amides is 1. The smallest absolute Gasteiger partial charge is 0.214 e. The monoisotopic (exact) mass is 207 g/mol. The number of anilines is 1. The van der Waals surface area contributed by atoms with Crippen molar-refractivity contribution < 1.29 is 9.53 Å². The van der Waals surface area contributed by atoms with E-state index in [0.29, 0.717) is 19.8 Å². The van der Waals surface area contributed by atoms with Crippen molar-refractivity contribution in [3.8, 4) is 0 Å². The number of ether oxygens (including phenoxy) is 1. The van der Waals surface area contributed by atoms with E-state index < -0.39 is 0 Å². The Morgan fingerprint density at radius 2 is 2.00 bits per heavy atom. The summed E-state index contributed by atoms with van der Waals surface area (Å²) in [5.74, 6) is 0. The van der Waals surface area contributed by atoms with E-state index in [1.165, 1.54) is 5.56 Å². The number of carbonyl (C=O) groups excluding carboxylic acids is 1. The lowest BCUT2D eigenvalue weighted by atomic mass is 10.2. The topological polar surface area (TPSA) is 29.5 Å². The maximum Gasteiger partial charge on any atom is 0.214 e. The molecule has 0 saturated carbocycles. The molecule has 0 radical (unpaired) electrons. The summed E-state index contributed by atoms with van der Waals surface area (Å²) in [5.41, 5.74) is 2.10. The van der Waals surface area contributed by atoms with Crippen LogP contribution in [0.15, 0.2) is 24.3 Å². The van der Waals surface area contributed by atoms with Gasteiger partial charge in [0.1, 0.15) is 0 Å². The molecule has 15 heavy (non-hydrogen) atoms. The normalized spacial score (nSPS) is 10.0. The van der Waals surface area contributed by atoms with Crippen LogP contribution >= 0.6 is 0 Å². The summed E-state index contributed by atoms with van der Waals surface area (Å²) < 4.78 is 5.21. The Hall–Kier alpha value is -1.35. The van der Waals surface area contributed by atoms with E-state index in [1.54, 1.807) is 4.90 Å². The van der Waals surface area contributed by atoms with E-state index in [9.17, 15) is 4.79 Å². The second kappa shape index (κ2) is 6.19. The van der Waals surface area contributed by atoms with Crippen molar-refractivity contribution in [2.75, 3.05) is 24.7 Å². The highest BCUT2D eigenvalue weighted by Crippen LogP contribution is 2.12. The molecule has 0 fully saturated rings. The number of hydrogen-bond donors (Lipinski definition) is 0. The van der Waals surface area contributed by atoms with Crippen LogP contribution in [0.5, 0.6) is 0 Å². The van der Waals surface area contributed by atoms with Gasteiger partial charge in [-0.25, -0.2) is 0 Å². The summed E-state index contributed by atoms with van der Waals surface area (Å²) in [6, 6.07) is 7.87. The van der Waals surface area contributed by atoms with Crippen LogP contribution in [-0.2, 0) is 9.53 Å². The fraction of sp³-hybridized carbons (Fsp3) is 0.417. The zero-order valence-electron chi connectivity index (χ0n) is 9.27. The fourth-order valence-corrected chi connectivity index (χ4v) is 1.29. The molecule has 3 heteroatoms. The summed E-state index contributed by atoms with van der Waals surface area (Å²) in [5, 5.41) is 0. The van der Waals surface area contributed by atoms with Crippen molar-refractivity contribution in [1.82, 2.24) is 0 Å². The third-order valence-corrected chi connectivity index (χ3v) is 2.17. The minimum absolute atomic E-state index is 0.573. The van der Waals surface area contributed by atoms with Gasteiger partial charge in [-0.05, 0) is 26.0 Å². The predicted octanol–water partition coefficient (Wildman–Crippen LogP) is 1.99. The standard InChI is InChI=1S/C12H17NO2/c1-3-15-9-8-13(10-14)12-6-4-11(2)5-7-12/h4-7,10H,3,8-9H2,1-2H3. The molecule has 82 valence electrons. The van der Waals surface area contributed by atoms with Gasteiger partial charge in [-0.2, -0.15) is 0 Å². The molecule has 0 aliphatic rings. The van der Waals surface area contributed by atoms with Crippen LogP contribution in [0.25, 0.3) is 0 Å². The maximum atomic E-state index is 10.9. The molecule has 0 atom stereocenters. The van der Waals surface area contributed by atoms with Crippen LogP contribution in [0.4, 0.5) is 5.69 Å². The maximum absolute atomic E-state index is 10.9. The van der Waals surface area contributed by atoms with Crippen LogP contribution in [0.1, 0.15) is 12.5 Å². The van der Waals surface area contributed by atoms with Gasteiger partial charge >= 0.3 is 0 Å². The largest absolute Gasteiger partial charge is 0.380 e. The first-order chi connectivity index (χ1) is 7.27. The van der Waals surface area contributed by atoms with Crippen LogP contribution in [0, 0.1) is 6.92 Å². The van der Waals surface area contributed by atoms with E-state index in [2.05, 4.69) is 0 Å². The van der Waals surface area contributed by atoms with Gasteiger partial charge in [0, 0.05) is 18.8 Å². The van der Waals surface area contributed by atoms with Crippen LogP contribution in [0.2, 0.25) is 0 Å². The zero-order valence-corrected chi connectivity index (χ0v) is 9.27. The number of benzene rings is 1. The Morgan fingerprint density at radius 1 is 1.33 bits per heavy atom. The predicted molar refractivity (Wildman–Crippen MR) is 61.1 cm³/mol. The van der Waals surface area contributed by atoms with Gasteiger partial charge in [0.15, 0.2) is 0 Å². The van der Waals surface area contributed by atoms with Crippen molar-refractivity contribution in [3.63, 3.8) is 0 Å². The Bertz CT molecular complexity index is 295. The number of nitrogens with zero attached hydrogens (tertiary/aromatic N) is 1. The lowest BCUT2D eigenvalue weighted by molar-refractivity contribution is -0.107. The fourth-order valence-electron chi connectivity index (χ4n) is 1.29. The molecular weight excluding hydrogens is 190 g/mol. The van der Waals surface area contributed by atoms with Gasteiger partial charge < -0.3 is 9.64 Å². The summed E-state index contributed by atoms with van der Waals surface area (Å²) >= 11 is 0. The number of carbonyl (C=O) groups is 1. The van der Waals surface area contributed by atoms with Crippen molar-refractivity contribution in [1.29, 1.82) is 0 Å². The second-order valence-corrected chi connectivity index (χ2v) is 3.33. The van der Waals surface area contributed by atoms with Crippen molar-refractivity contribution in [2.24, 2.45) is 0 Å². The van der Waals surface area contributed by atoms with Gasteiger partial charge in [-0.3, -0.25) is 4.79 Å². The molecule has 0 bridgehead atoms. The molecule has 0 saturated heterocycles. The molecule has 0 N–H and O–H groups in total. The lowest BCUT2D eigenvalue weighted by Gasteiger charge is -2.17. The number of hydrogen-bond acceptors (Lipinski definition) is 2. The first-order valence-corrected chi connectivity index (χ1v) is 5.14. The number of aryl methyl sites for hydroxylation is 1. The van der Waals surface area contributed by atoms with E-state index in [1.807, 2.05) is 38.1 Å². The molecule has 0 aliphatic carbocycles. The second-order valence-electron chi connectivity index (χ2n) is 3.33. The minimum Gasteiger partial charge on any atom is -0.380 e. The first kappa shape index (κ1) is 11.7. The van der Waals surface area contributed by atoms with Crippen LogP contribution < -0.4 is 4.90 Å². The summed E-state index contributed by atoms with van der Waals surface area (Å²) in [6.07, 6.45) is 0.837. The van der Waals surface area contributed by atoms with Gasteiger partial charge in [-0.1, -0.05) is 17.7 Å². The van der Waals surface area contributed by atoms with Gasteiger partial charge in [0.2, 0.25) is 6.41 Å². The van der Waals surface area contributed by atoms with Crippen LogP contribution in [0.3, 0.4) is 0 Å². The summed E-state index contributed by atoms with van der Waals surface area (Å²) in [4.78, 5) is 12.5. The molecule has 1 aromatic carbocycles. The molecule has 3 nitrogen and oxygen atoms in total. The molecule has 0 heterocycles. The highest BCUT2D eigenvalue weighted by Gasteiger charge is 2.03. The molecule has 1 rings (SSSR count). The Balaban J connectivity index is 2.57. The highest BCUT2D eigenvalue weighted by atomic mass is 16.5. The van der Waals surface area contributed by atoms with Gasteiger partial charge in [0.05, 0.1) is 6.61 Å². The molecule has 1 amide bonds. The van der Waals surface area contributed by atoms with Gasteiger partial charge in [0.25, 0.3) is 0 Å². The van der Waals surface area contributed by atoms with E-state index >= 15 is 0 Å². The van der Waals surface area contributed by atoms with Crippen molar-refractivity contribution in [3.05, 3.63) is 29.8 Å². The molecule has 0 aromatic heterocycles. The van der Waals surface area contributed by atoms with Crippen molar-refractivity contribution in [2.45, 2.75) is 13.8 Å². The molecule has 0 spiro atoms. The average molecular weight is 207 g/mol. The molecule has 0 unspecified atom stereocenters. The van der Waals surface area contributed by atoms with E-state index in [0.717, 1.165) is 12.1 Å². The van der Waals surface area contributed by atoms with Crippen molar-refractivity contribution >= 4 is 12.1 Å².